The first kappa shape index (κ1) is 23.9. The second-order valence-electron chi connectivity index (χ2n) is 12.5. The lowest BCUT2D eigenvalue weighted by atomic mass is 9.86. The minimum Gasteiger partial charge on any atom is -0.309 e. The highest BCUT2D eigenvalue weighted by Crippen LogP contribution is 2.46. The number of aromatic nitrogens is 4. The SMILES string of the molecule is CC1(C)c2ccccc2-n2c1nc1c(-n3c4ccccc4c4cc5c(cc43)c3ccccc3n5-c3ccccc3)cccc12. The van der Waals surface area contributed by atoms with Crippen molar-refractivity contribution >= 4 is 54.6 Å². The quantitative estimate of drug-likeness (QED) is 0.205. The average Bonchev–Trinajstić information content (AvgIpc) is 3.77. The van der Waals surface area contributed by atoms with Gasteiger partial charge in [-0.3, -0.25) is 4.57 Å². The molecule has 0 fully saturated rings. The number of benzene rings is 6. The van der Waals surface area contributed by atoms with E-state index in [9.17, 15) is 0 Å². The number of hydrogen-bond acceptors (Lipinski definition) is 1. The Kier molecular flexibility index (Phi) is 4.49. The fraction of sp³-hybridized carbons (Fsp3) is 0.0750. The van der Waals surface area contributed by atoms with E-state index in [1.807, 2.05) is 0 Å². The molecule has 0 saturated carbocycles. The van der Waals surface area contributed by atoms with E-state index in [-0.39, 0.29) is 5.41 Å². The van der Waals surface area contributed by atoms with Gasteiger partial charge in [-0.1, -0.05) is 78.9 Å². The van der Waals surface area contributed by atoms with Gasteiger partial charge in [0.25, 0.3) is 0 Å². The molecule has 4 heteroatoms. The van der Waals surface area contributed by atoms with Crippen molar-refractivity contribution in [2.24, 2.45) is 0 Å². The fourth-order valence-corrected chi connectivity index (χ4v) is 7.79. The van der Waals surface area contributed by atoms with Gasteiger partial charge in [0.2, 0.25) is 0 Å². The highest BCUT2D eigenvalue weighted by atomic mass is 15.1. The Morgan fingerprint density at radius 1 is 0.455 bits per heavy atom. The fourth-order valence-electron chi connectivity index (χ4n) is 7.79. The number of hydrogen-bond donors (Lipinski definition) is 0. The van der Waals surface area contributed by atoms with Crippen molar-refractivity contribution < 1.29 is 0 Å². The molecule has 0 aliphatic carbocycles. The molecule has 0 bridgehead atoms. The molecule has 0 amide bonds. The van der Waals surface area contributed by atoms with Crippen LogP contribution in [-0.2, 0) is 5.41 Å². The van der Waals surface area contributed by atoms with Gasteiger partial charge in [-0.25, -0.2) is 4.98 Å². The van der Waals surface area contributed by atoms with Gasteiger partial charge in [-0.2, -0.15) is 0 Å². The van der Waals surface area contributed by atoms with Crippen LogP contribution in [0.3, 0.4) is 0 Å². The van der Waals surface area contributed by atoms with Crippen LogP contribution in [0.5, 0.6) is 0 Å². The molecule has 4 nitrogen and oxygen atoms in total. The summed E-state index contributed by atoms with van der Waals surface area (Å²) in [5.74, 6) is 1.09. The van der Waals surface area contributed by atoms with E-state index in [0.29, 0.717) is 0 Å². The molecule has 6 aromatic carbocycles. The summed E-state index contributed by atoms with van der Waals surface area (Å²) in [7, 11) is 0. The smallest absolute Gasteiger partial charge is 0.124 e. The van der Waals surface area contributed by atoms with Crippen LogP contribution in [0.2, 0.25) is 0 Å². The number of nitrogens with zero attached hydrogens (tertiary/aromatic N) is 4. The Labute approximate surface area is 254 Å². The summed E-state index contributed by atoms with van der Waals surface area (Å²) in [4.78, 5) is 5.42. The molecule has 0 radical (unpaired) electrons. The maximum Gasteiger partial charge on any atom is 0.124 e. The Bertz CT molecular complexity index is 2630. The van der Waals surface area contributed by atoms with Gasteiger partial charge in [0, 0.05) is 27.2 Å². The Hall–Kier alpha value is -5.61. The molecule has 0 spiro atoms. The predicted octanol–water partition coefficient (Wildman–Crippen LogP) is 9.86. The zero-order valence-corrected chi connectivity index (χ0v) is 24.5. The van der Waals surface area contributed by atoms with Gasteiger partial charge in [-0.05, 0) is 74.0 Å². The van der Waals surface area contributed by atoms with E-state index in [2.05, 4.69) is 161 Å². The lowest BCUT2D eigenvalue weighted by Crippen LogP contribution is -2.16. The van der Waals surface area contributed by atoms with E-state index in [4.69, 9.17) is 4.98 Å². The predicted molar refractivity (Wildman–Crippen MR) is 182 cm³/mol. The van der Waals surface area contributed by atoms with Crippen LogP contribution in [0.4, 0.5) is 0 Å². The molecular weight excluding hydrogens is 536 g/mol. The van der Waals surface area contributed by atoms with Gasteiger partial charge < -0.3 is 9.13 Å². The van der Waals surface area contributed by atoms with E-state index in [0.717, 1.165) is 22.5 Å². The Morgan fingerprint density at radius 2 is 1.02 bits per heavy atom. The molecule has 4 heterocycles. The maximum absolute atomic E-state index is 5.42. The number of fused-ring (bicyclic) bond motifs is 11. The number of imidazole rings is 1. The standard InChI is InChI=1S/C40H28N4/c1-40(2)30-17-8-11-20-33(30)44-35-22-12-21-34(38(35)41-39(40)44)43-32-19-10-7-16-27(32)29-23-36-28(24-37(29)43)26-15-6-9-18-31(26)42(36)25-13-4-3-5-14-25/h3-24H,1-2H3. The van der Waals surface area contributed by atoms with E-state index < -0.39 is 0 Å². The maximum atomic E-state index is 5.42. The molecule has 208 valence electrons. The molecule has 3 aromatic heterocycles. The van der Waals surface area contributed by atoms with Crippen LogP contribution in [0.15, 0.2) is 133 Å². The van der Waals surface area contributed by atoms with Crippen LogP contribution in [-0.4, -0.2) is 18.7 Å². The van der Waals surface area contributed by atoms with Gasteiger partial charge in [0.1, 0.15) is 11.3 Å². The minimum atomic E-state index is -0.181. The van der Waals surface area contributed by atoms with Gasteiger partial charge in [-0.15, -0.1) is 0 Å². The molecule has 0 unspecified atom stereocenters. The van der Waals surface area contributed by atoms with Crippen molar-refractivity contribution in [3.05, 3.63) is 145 Å². The summed E-state index contributed by atoms with van der Waals surface area (Å²) in [6.45, 7) is 4.58. The lowest BCUT2D eigenvalue weighted by molar-refractivity contribution is 0.621. The summed E-state index contributed by atoms with van der Waals surface area (Å²) < 4.78 is 7.20. The molecule has 1 aliphatic heterocycles. The molecular formula is C40H28N4. The van der Waals surface area contributed by atoms with Gasteiger partial charge in [0.15, 0.2) is 0 Å². The first-order chi connectivity index (χ1) is 21.6. The van der Waals surface area contributed by atoms with Gasteiger partial charge >= 0.3 is 0 Å². The van der Waals surface area contributed by atoms with Gasteiger partial charge in [0.05, 0.1) is 44.4 Å². The summed E-state index contributed by atoms with van der Waals surface area (Å²) in [5, 5.41) is 4.98. The first-order valence-electron chi connectivity index (χ1n) is 15.3. The van der Waals surface area contributed by atoms with Crippen molar-refractivity contribution in [2.75, 3.05) is 0 Å². The van der Waals surface area contributed by atoms with Crippen LogP contribution >= 0.6 is 0 Å². The molecule has 9 aromatic rings. The van der Waals surface area contributed by atoms with Crippen LogP contribution in [0.1, 0.15) is 25.2 Å². The highest BCUT2D eigenvalue weighted by molar-refractivity contribution is 6.19. The second kappa shape index (κ2) is 8.27. The monoisotopic (exact) mass is 564 g/mol. The van der Waals surface area contributed by atoms with Crippen LogP contribution in [0, 0.1) is 0 Å². The third-order valence-corrected chi connectivity index (χ3v) is 9.76. The number of para-hydroxylation sites is 5. The zero-order valence-electron chi connectivity index (χ0n) is 24.5. The van der Waals surface area contributed by atoms with Crippen LogP contribution in [0.25, 0.3) is 71.7 Å². The molecule has 44 heavy (non-hydrogen) atoms. The molecule has 0 saturated heterocycles. The second-order valence-corrected chi connectivity index (χ2v) is 12.5. The third kappa shape index (κ3) is 2.90. The lowest BCUT2D eigenvalue weighted by Gasteiger charge is -2.17. The molecule has 1 aliphatic rings. The number of rotatable bonds is 2. The summed E-state index contributed by atoms with van der Waals surface area (Å²) >= 11 is 0. The zero-order chi connectivity index (χ0) is 29.2. The Balaban J connectivity index is 1.34. The van der Waals surface area contributed by atoms with Crippen LogP contribution < -0.4 is 0 Å². The Morgan fingerprint density at radius 3 is 1.77 bits per heavy atom. The minimum absolute atomic E-state index is 0.181. The molecule has 0 atom stereocenters. The first-order valence-corrected chi connectivity index (χ1v) is 15.3. The topological polar surface area (TPSA) is 27.7 Å². The summed E-state index contributed by atoms with van der Waals surface area (Å²) in [6, 6.07) is 48.4. The summed E-state index contributed by atoms with van der Waals surface area (Å²) in [5.41, 5.74) is 11.6. The van der Waals surface area contributed by atoms with E-state index >= 15 is 0 Å². The molecule has 10 rings (SSSR count). The van der Waals surface area contributed by atoms with Crippen molar-refractivity contribution in [3.63, 3.8) is 0 Å². The van der Waals surface area contributed by atoms with Crippen molar-refractivity contribution in [3.8, 4) is 17.1 Å². The normalized spacial score (nSPS) is 13.9. The van der Waals surface area contributed by atoms with E-state index in [1.54, 1.807) is 0 Å². The highest BCUT2D eigenvalue weighted by Gasteiger charge is 2.39. The van der Waals surface area contributed by atoms with E-state index in [1.165, 1.54) is 60.5 Å². The van der Waals surface area contributed by atoms with Crippen molar-refractivity contribution in [1.29, 1.82) is 0 Å². The summed E-state index contributed by atoms with van der Waals surface area (Å²) in [6.07, 6.45) is 0. The average molecular weight is 565 g/mol. The molecule has 0 N–H and O–H groups in total. The largest absolute Gasteiger partial charge is 0.309 e. The van der Waals surface area contributed by atoms with Crippen molar-refractivity contribution in [1.82, 2.24) is 18.7 Å². The van der Waals surface area contributed by atoms with Crippen molar-refractivity contribution in [2.45, 2.75) is 19.3 Å². The third-order valence-electron chi connectivity index (χ3n) is 9.76.